The number of amides is 1. The van der Waals surface area contributed by atoms with Gasteiger partial charge in [-0.25, -0.2) is 4.98 Å². The van der Waals surface area contributed by atoms with Crippen LogP contribution in [0.15, 0.2) is 43.2 Å². The van der Waals surface area contributed by atoms with E-state index in [1.807, 2.05) is 12.5 Å². The van der Waals surface area contributed by atoms with E-state index in [9.17, 15) is 4.79 Å². The van der Waals surface area contributed by atoms with Crippen molar-refractivity contribution in [2.24, 2.45) is 0 Å². The van der Waals surface area contributed by atoms with Gasteiger partial charge >= 0.3 is 0 Å². The molecule has 0 radical (unpaired) electrons. The van der Waals surface area contributed by atoms with Crippen molar-refractivity contribution >= 4 is 34.8 Å². The zero-order valence-corrected chi connectivity index (χ0v) is 22.7. The summed E-state index contributed by atoms with van der Waals surface area (Å²) in [5.41, 5.74) is 3.78. The maximum absolute atomic E-state index is 11.4. The zero-order valence-electron chi connectivity index (χ0n) is 21.9. The molecular formula is C28H42N4O2S. The predicted octanol–water partition coefficient (Wildman–Crippen LogP) is 6.38. The highest BCUT2D eigenvalue weighted by molar-refractivity contribution is 7.97. The number of carbonyl (C=O) groups is 1. The van der Waals surface area contributed by atoms with Crippen LogP contribution < -0.4 is 9.62 Å². The number of nitrogens with zero attached hydrogens (tertiary/aromatic N) is 3. The van der Waals surface area contributed by atoms with Crippen molar-refractivity contribution in [2.45, 2.75) is 71.8 Å². The zero-order chi connectivity index (χ0) is 25.5. The minimum absolute atomic E-state index is 0.0900. The van der Waals surface area contributed by atoms with Crippen LogP contribution in [0.4, 0.5) is 5.82 Å². The topological polar surface area (TPSA) is 67.4 Å². The van der Waals surface area contributed by atoms with Crippen molar-refractivity contribution in [1.29, 1.82) is 0 Å². The van der Waals surface area contributed by atoms with Gasteiger partial charge in [-0.1, -0.05) is 62.3 Å². The van der Waals surface area contributed by atoms with Gasteiger partial charge in [-0.2, -0.15) is 0 Å². The van der Waals surface area contributed by atoms with Crippen LogP contribution >= 0.6 is 11.9 Å². The monoisotopic (exact) mass is 498 g/mol. The van der Waals surface area contributed by atoms with Gasteiger partial charge in [-0.05, 0) is 63.5 Å². The summed E-state index contributed by atoms with van der Waals surface area (Å²) < 4.78 is 8.11. The molecule has 0 bridgehead atoms. The Morgan fingerprint density at radius 3 is 2.83 bits per heavy atom. The first-order valence-electron chi connectivity index (χ1n) is 12.7. The van der Waals surface area contributed by atoms with Gasteiger partial charge in [-0.3, -0.25) is 14.5 Å². The molecule has 1 aromatic heterocycles. The smallest absolute Gasteiger partial charge is 0.255 e. The largest absolute Gasteiger partial charge is 0.372 e. The lowest BCUT2D eigenvalue weighted by molar-refractivity contribution is -0.123. The third kappa shape index (κ3) is 10.0. The Labute approximate surface area is 216 Å². The normalized spacial score (nSPS) is 13.3. The Morgan fingerprint density at radius 2 is 2.14 bits per heavy atom. The number of hydrogen-bond acceptors (Lipinski definition) is 6. The maximum atomic E-state index is 11.4. The number of carbonyl (C=O) groups excluding carboxylic acids is 1. The predicted molar refractivity (Wildman–Crippen MR) is 150 cm³/mol. The van der Waals surface area contributed by atoms with E-state index in [2.05, 4.69) is 67.4 Å². The lowest BCUT2D eigenvalue weighted by Crippen LogP contribution is -2.33. The number of anilines is 1. The van der Waals surface area contributed by atoms with Crippen LogP contribution in [0.1, 0.15) is 77.1 Å². The molecule has 1 aromatic rings. The maximum Gasteiger partial charge on any atom is 0.255 e. The van der Waals surface area contributed by atoms with Gasteiger partial charge in [0.15, 0.2) is 0 Å². The van der Waals surface area contributed by atoms with Crippen LogP contribution in [0.25, 0.3) is 11.1 Å². The van der Waals surface area contributed by atoms with Crippen LogP contribution in [0, 0.1) is 0 Å². The summed E-state index contributed by atoms with van der Waals surface area (Å²) in [6.07, 6.45) is 21.7. The SMILES string of the molecule is C=C(/C=C\CCC)c1ncc(N(CCCCCOCC(=O)NSC)C(C)C)nc1C1=CCCC=C1. The average Bonchev–Trinajstić information content (AvgIpc) is 2.86. The first-order chi connectivity index (χ1) is 17.0. The molecule has 0 aliphatic heterocycles. The van der Waals surface area contributed by atoms with E-state index in [0.717, 1.165) is 79.8 Å². The molecule has 1 aliphatic carbocycles. The Kier molecular flexibility index (Phi) is 13.5. The highest BCUT2D eigenvalue weighted by atomic mass is 32.2. The van der Waals surface area contributed by atoms with Crippen molar-refractivity contribution in [1.82, 2.24) is 14.7 Å². The summed E-state index contributed by atoms with van der Waals surface area (Å²) >= 11 is 1.29. The quantitative estimate of drug-likeness (QED) is 0.162. The summed E-state index contributed by atoms with van der Waals surface area (Å²) in [4.78, 5) is 23.7. The lowest BCUT2D eigenvalue weighted by Gasteiger charge is -2.28. The van der Waals surface area contributed by atoms with Gasteiger partial charge in [0.2, 0.25) is 0 Å². The fourth-order valence-corrected chi connectivity index (χ4v) is 4.11. The molecule has 7 heteroatoms. The highest BCUT2D eigenvalue weighted by Gasteiger charge is 2.18. The molecule has 0 atom stereocenters. The molecule has 1 aliphatic rings. The average molecular weight is 499 g/mol. The summed E-state index contributed by atoms with van der Waals surface area (Å²) in [5, 5.41) is 0. The summed E-state index contributed by atoms with van der Waals surface area (Å²) in [6.45, 7) is 12.4. The van der Waals surface area contributed by atoms with Gasteiger partial charge in [0.1, 0.15) is 12.4 Å². The van der Waals surface area contributed by atoms with Gasteiger partial charge in [0.25, 0.3) is 5.91 Å². The standard InChI is InChI=1S/C28H42N4O2S/c1-6-7-10-15-23(4)27-28(24-16-11-8-12-17-24)30-25(20-29-27)32(22(2)3)18-13-9-14-19-34-21-26(33)31-35-5/h10-11,15-17,20,22H,4,6-9,12-14,18-19,21H2,1-3,5H3,(H,31,33)/b15-10-. The van der Waals surface area contributed by atoms with E-state index in [-0.39, 0.29) is 12.5 Å². The minimum Gasteiger partial charge on any atom is -0.372 e. The second-order valence-electron chi connectivity index (χ2n) is 8.91. The Balaban J connectivity index is 2.07. The molecule has 0 aromatic carbocycles. The fourth-order valence-electron chi connectivity index (χ4n) is 3.82. The first kappa shape index (κ1) is 28.9. The Bertz CT molecular complexity index is 908. The summed E-state index contributed by atoms with van der Waals surface area (Å²) in [6, 6.07) is 0.304. The fraction of sp³-hybridized carbons (Fsp3) is 0.536. The van der Waals surface area contributed by atoms with Gasteiger partial charge < -0.3 is 9.64 Å². The molecule has 0 unspecified atom stereocenters. The van der Waals surface area contributed by atoms with Crippen molar-refractivity contribution in [3.8, 4) is 0 Å². The van der Waals surface area contributed by atoms with E-state index < -0.39 is 0 Å². The number of unbranched alkanes of at least 4 members (excludes halogenated alkanes) is 3. The summed E-state index contributed by atoms with van der Waals surface area (Å²) in [5.74, 6) is 0.807. The molecule has 0 spiro atoms. The van der Waals surface area contributed by atoms with E-state index in [0.29, 0.717) is 12.6 Å². The van der Waals surface area contributed by atoms with Gasteiger partial charge in [-0.15, -0.1) is 0 Å². The third-order valence-corrected chi connectivity index (χ3v) is 6.09. The summed E-state index contributed by atoms with van der Waals surface area (Å²) in [7, 11) is 0. The van der Waals surface area contributed by atoms with E-state index in [1.54, 1.807) is 0 Å². The van der Waals surface area contributed by atoms with Crippen LogP contribution in [0.2, 0.25) is 0 Å². The van der Waals surface area contributed by atoms with Crippen LogP contribution in [0.5, 0.6) is 0 Å². The molecule has 192 valence electrons. The molecule has 35 heavy (non-hydrogen) atoms. The van der Waals surface area contributed by atoms with Crippen LogP contribution in [-0.4, -0.2) is 47.9 Å². The van der Waals surface area contributed by atoms with E-state index in [4.69, 9.17) is 14.7 Å². The van der Waals surface area contributed by atoms with Gasteiger partial charge in [0.05, 0.1) is 17.6 Å². The first-order valence-corrected chi connectivity index (χ1v) is 14.0. The second kappa shape index (κ2) is 16.3. The van der Waals surface area contributed by atoms with Crippen molar-refractivity contribution in [3.05, 3.63) is 54.5 Å². The second-order valence-corrected chi connectivity index (χ2v) is 9.52. The molecule has 6 nitrogen and oxygen atoms in total. The van der Waals surface area contributed by atoms with Gasteiger partial charge in [0, 0.05) is 25.4 Å². The van der Waals surface area contributed by atoms with Crippen molar-refractivity contribution in [3.63, 3.8) is 0 Å². The van der Waals surface area contributed by atoms with E-state index >= 15 is 0 Å². The Morgan fingerprint density at radius 1 is 1.31 bits per heavy atom. The third-order valence-electron chi connectivity index (χ3n) is 5.66. The Hall–Kier alpha value is -2.38. The number of ether oxygens (including phenoxy) is 1. The minimum atomic E-state index is -0.0900. The van der Waals surface area contributed by atoms with Crippen LogP contribution in [0.3, 0.4) is 0 Å². The molecule has 2 rings (SSSR count). The number of nitrogens with one attached hydrogen (secondary N) is 1. The number of rotatable bonds is 16. The molecule has 0 fully saturated rings. The van der Waals surface area contributed by atoms with Crippen molar-refractivity contribution < 1.29 is 9.53 Å². The lowest BCUT2D eigenvalue weighted by atomic mass is 9.99. The number of allylic oxidation sites excluding steroid dienone is 7. The molecular weight excluding hydrogens is 456 g/mol. The van der Waals surface area contributed by atoms with E-state index in [1.165, 1.54) is 11.9 Å². The number of hydrogen-bond donors (Lipinski definition) is 1. The molecule has 0 saturated heterocycles. The number of aromatic nitrogens is 2. The molecule has 1 N–H and O–H groups in total. The molecule has 0 saturated carbocycles. The molecule has 1 amide bonds. The van der Waals surface area contributed by atoms with Crippen molar-refractivity contribution in [2.75, 3.05) is 30.9 Å². The molecule has 1 heterocycles. The highest BCUT2D eigenvalue weighted by Crippen LogP contribution is 2.29. The van der Waals surface area contributed by atoms with Crippen LogP contribution in [-0.2, 0) is 9.53 Å².